The molecule has 8 heteroatoms. The van der Waals surface area contributed by atoms with Crippen LogP contribution in [0.1, 0.15) is 5.56 Å². The van der Waals surface area contributed by atoms with Gasteiger partial charge in [0.2, 0.25) is 0 Å². The number of urea groups is 1. The Morgan fingerprint density at radius 1 is 0.800 bits per heavy atom. The van der Waals surface area contributed by atoms with Gasteiger partial charge in [0, 0.05) is 12.2 Å². The molecule has 1 aliphatic heterocycles. The third kappa shape index (κ3) is 4.88. The number of carbonyl (C=O) groups excluding carboxylic acids is 1. The number of fused-ring (bicyclic) bond motifs is 1. The number of hydrogen-bond acceptors (Lipinski definition) is 3. The number of anilines is 3. The lowest BCUT2D eigenvalue weighted by molar-refractivity contribution is 0.257. The highest BCUT2D eigenvalue weighted by molar-refractivity contribution is 7.92. The van der Waals surface area contributed by atoms with E-state index in [1.807, 2.05) is 24.3 Å². The number of nitrogens with zero attached hydrogens (tertiary/aromatic N) is 1. The third-order valence-corrected chi connectivity index (χ3v) is 7.20. The van der Waals surface area contributed by atoms with Crippen molar-refractivity contribution in [2.24, 2.45) is 0 Å². The molecule has 0 saturated carbocycles. The smallest absolute Gasteiger partial charge is 0.308 e. The lowest BCUT2D eigenvalue weighted by atomic mass is 10.1. The average Bonchev–Trinajstić information content (AvgIpc) is 3.28. The fourth-order valence-corrected chi connectivity index (χ4v) is 5.16. The molecule has 176 valence electrons. The van der Waals surface area contributed by atoms with E-state index >= 15 is 0 Å². The van der Waals surface area contributed by atoms with Crippen LogP contribution in [0.5, 0.6) is 0 Å². The molecule has 5 rings (SSSR count). The summed E-state index contributed by atoms with van der Waals surface area (Å²) in [5.41, 5.74) is 4.04. The molecule has 4 aromatic rings. The predicted octanol–water partition coefficient (Wildman–Crippen LogP) is 5.89. The van der Waals surface area contributed by atoms with Gasteiger partial charge in [0.15, 0.2) is 0 Å². The molecule has 2 N–H and O–H groups in total. The lowest BCUT2D eigenvalue weighted by Crippen LogP contribution is -2.33. The van der Waals surface area contributed by atoms with E-state index in [1.54, 1.807) is 59.5 Å². The first-order chi connectivity index (χ1) is 16.9. The van der Waals surface area contributed by atoms with Crippen LogP contribution in [0.2, 0.25) is 0 Å². The Morgan fingerprint density at radius 3 is 2.34 bits per heavy atom. The number of hydrogen-bond donors (Lipinski definition) is 2. The summed E-state index contributed by atoms with van der Waals surface area (Å²) in [6, 6.07) is 26.4. The number of halogens is 1. The summed E-state index contributed by atoms with van der Waals surface area (Å²) in [4.78, 5) is 14.5. The highest BCUT2D eigenvalue weighted by atomic mass is 32.2. The van der Waals surface area contributed by atoms with Crippen molar-refractivity contribution in [3.05, 3.63) is 108 Å². The van der Waals surface area contributed by atoms with Gasteiger partial charge in [0.25, 0.3) is 10.0 Å². The molecular weight excluding hydrogens is 465 g/mol. The summed E-state index contributed by atoms with van der Waals surface area (Å²) in [7, 11) is -3.90. The van der Waals surface area contributed by atoms with E-state index in [-0.39, 0.29) is 16.7 Å². The van der Waals surface area contributed by atoms with Crippen molar-refractivity contribution in [1.82, 2.24) is 0 Å². The van der Waals surface area contributed by atoms with Crippen molar-refractivity contribution in [2.45, 2.75) is 11.3 Å². The summed E-state index contributed by atoms with van der Waals surface area (Å²) >= 11 is 0. The summed E-state index contributed by atoms with van der Waals surface area (Å²) in [5.74, 6) is -0.359. The quantitative estimate of drug-likeness (QED) is 0.369. The molecule has 0 bridgehead atoms. The number of nitrogens with one attached hydrogen (secondary N) is 2. The first kappa shape index (κ1) is 22.6. The second-order valence-corrected chi connectivity index (χ2v) is 9.86. The van der Waals surface area contributed by atoms with Crippen LogP contribution in [0, 0.1) is 5.82 Å². The molecule has 2 amide bonds. The van der Waals surface area contributed by atoms with E-state index in [2.05, 4.69) is 10.0 Å². The zero-order chi connectivity index (χ0) is 24.4. The Kier molecular flexibility index (Phi) is 5.96. The Labute approximate surface area is 203 Å². The number of para-hydroxylation sites is 1. The highest BCUT2D eigenvalue weighted by Crippen LogP contribution is 2.32. The molecule has 0 saturated heterocycles. The number of benzene rings is 4. The summed E-state index contributed by atoms with van der Waals surface area (Å²) in [6.07, 6.45) is 0.685. The number of rotatable bonds is 5. The Hall–Kier alpha value is -4.17. The molecule has 1 aliphatic rings. The largest absolute Gasteiger partial charge is 0.326 e. The summed E-state index contributed by atoms with van der Waals surface area (Å²) in [6.45, 7) is 0.504. The first-order valence-electron chi connectivity index (χ1n) is 11.0. The SMILES string of the molecule is O=C(Nc1ccccc1)N1CCc2ccc(NS(=O)(=O)c3cccc(-c4ccc(F)cc4)c3)cc21. The van der Waals surface area contributed by atoms with Gasteiger partial charge >= 0.3 is 6.03 Å². The molecule has 1 heterocycles. The molecule has 35 heavy (non-hydrogen) atoms. The molecule has 0 atom stereocenters. The maximum absolute atomic E-state index is 13.3. The van der Waals surface area contributed by atoms with Gasteiger partial charge in [-0.25, -0.2) is 17.6 Å². The minimum atomic E-state index is -3.90. The van der Waals surface area contributed by atoms with E-state index < -0.39 is 10.0 Å². The van der Waals surface area contributed by atoms with E-state index in [0.717, 1.165) is 5.56 Å². The van der Waals surface area contributed by atoms with Crippen LogP contribution >= 0.6 is 0 Å². The first-order valence-corrected chi connectivity index (χ1v) is 12.5. The van der Waals surface area contributed by atoms with Crippen molar-refractivity contribution in [3.63, 3.8) is 0 Å². The van der Waals surface area contributed by atoms with Crippen LogP contribution in [0.15, 0.2) is 102 Å². The van der Waals surface area contributed by atoms with E-state index in [4.69, 9.17) is 0 Å². The maximum atomic E-state index is 13.3. The van der Waals surface area contributed by atoms with E-state index in [9.17, 15) is 17.6 Å². The fraction of sp³-hybridized carbons (Fsp3) is 0.0741. The van der Waals surface area contributed by atoms with Crippen molar-refractivity contribution in [1.29, 1.82) is 0 Å². The topological polar surface area (TPSA) is 78.5 Å². The van der Waals surface area contributed by atoms with Gasteiger partial charge in [0.1, 0.15) is 5.82 Å². The predicted molar refractivity (Wildman–Crippen MR) is 136 cm³/mol. The second-order valence-electron chi connectivity index (χ2n) is 8.18. The molecule has 0 aromatic heterocycles. The minimum Gasteiger partial charge on any atom is -0.308 e. The van der Waals surface area contributed by atoms with Crippen molar-refractivity contribution in [2.75, 3.05) is 21.5 Å². The number of carbonyl (C=O) groups is 1. The molecule has 0 fully saturated rings. The van der Waals surface area contributed by atoms with Crippen molar-refractivity contribution >= 4 is 33.1 Å². The van der Waals surface area contributed by atoms with Gasteiger partial charge in [0.05, 0.1) is 16.3 Å². The standard InChI is InChI=1S/C27H22FN3O3S/c28-22-12-9-19(10-13-22)21-5-4-8-25(17-21)35(33,34)30-24-14-11-20-15-16-31(26(20)18-24)27(32)29-23-6-2-1-3-7-23/h1-14,17-18,30H,15-16H2,(H,29,32). The van der Waals surface area contributed by atoms with Crippen LogP contribution in [-0.4, -0.2) is 21.0 Å². The Balaban J connectivity index is 1.37. The van der Waals surface area contributed by atoms with E-state index in [1.165, 1.54) is 18.2 Å². The summed E-state index contributed by atoms with van der Waals surface area (Å²) in [5, 5.41) is 2.87. The molecule has 0 spiro atoms. The molecule has 6 nitrogen and oxygen atoms in total. The summed E-state index contributed by atoms with van der Waals surface area (Å²) < 4.78 is 42.1. The Morgan fingerprint density at radius 2 is 1.57 bits per heavy atom. The Bertz CT molecular complexity index is 1490. The number of amides is 2. The monoisotopic (exact) mass is 487 g/mol. The van der Waals surface area contributed by atoms with Crippen LogP contribution in [0.3, 0.4) is 0 Å². The lowest BCUT2D eigenvalue weighted by Gasteiger charge is -2.19. The molecule has 4 aromatic carbocycles. The second kappa shape index (κ2) is 9.23. The molecule has 0 radical (unpaired) electrons. The molecule has 0 unspecified atom stereocenters. The van der Waals surface area contributed by atoms with Crippen LogP contribution in [-0.2, 0) is 16.4 Å². The van der Waals surface area contributed by atoms with Crippen LogP contribution < -0.4 is 14.9 Å². The van der Waals surface area contributed by atoms with Crippen LogP contribution in [0.25, 0.3) is 11.1 Å². The fourth-order valence-electron chi connectivity index (χ4n) is 4.07. The van der Waals surface area contributed by atoms with Gasteiger partial charge in [-0.2, -0.15) is 0 Å². The van der Waals surface area contributed by atoms with Crippen LogP contribution in [0.4, 0.5) is 26.2 Å². The van der Waals surface area contributed by atoms with Gasteiger partial charge in [-0.15, -0.1) is 0 Å². The maximum Gasteiger partial charge on any atom is 0.326 e. The zero-order valence-electron chi connectivity index (χ0n) is 18.6. The zero-order valence-corrected chi connectivity index (χ0v) is 19.4. The van der Waals surface area contributed by atoms with Crippen molar-refractivity contribution < 1.29 is 17.6 Å². The van der Waals surface area contributed by atoms with Crippen molar-refractivity contribution in [3.8, 4) is 11.1 Å². The van der Waals surface area contributed by atoms with E-state index in [0.29, 0.717) is 41.2 Å². The van der Waals surface area contributed by atoms with Gasteiger partial charge < -0.3 is 5.32 Å². The molecular formula is C27H22FN3O3S. The normalized spacial score (nSPS) is 12.8. The highest BCUT2D eigenvalue weighted by Gasteiger charge is 2.26. The van der Waals surface area contributed by atoms with Gasteiger partial charge in [-0.3, -0.25) is 9.62 Å². The minimum absolute atomic E-state index is 0.0819. The molecule has 0 aliphatic carbocycles. The average molecular weight is 488 g/mol. The third-order valence-electron chi connectivity index (χ3n) is 5.83. The van der Waals surface area contributed by atoms with Gasteiger partial charge in [-0.1, -0.05) is 48.5 Å². The van der Waals surface area contributed by atoms with Gasteiger partial charge in [-0.05, 0) is 71.6 Å². The number of sulfonamides is 1.